The van der Waals surface area contributed by atoms with E-state index in [1.54, 1.807) is 0 Å². The molecule has 0 aromatic rings. The van der Waals surface area contributed by atoms with Crippen molar-refractivity contribution in [2.75, 3.05) is 0 Å². The number of rotatable bonds is 2. The van der Waals surface area contributed by atoms with Gasteiger partial charge in [-0.25, -0.2) is 0 Å². The summed E-state index contributed by atoms with van der Waals surface area (Å²) in [7, 11) is 0. The summed E-state index contributed by atoms with van der Waals surface area (Å²) in [4.78, 5) is 10.7. The first-order valence-corrected chi connectivity index (χ1v) is 4.62. The molecular weight excluding hydrogens is 136 g/mol. The van der Waals surface area contributed by atoms with Crippen molar-refractivity contribution < 1.29 is 4.79 Å². The Labute approximate surface area is 69.2 Å². The second-order valence-electron chi connectivity index (χ2n) is 4.18. The number of hydrogen-bond acceptors (Lipinski definition) is 1. The molecule has 0 aromatic heterocycles. The molecule has 1 rings (SSSR count). The van der Waals surface area contributed by atoms with Gasteiger partial charge in [0.2, 0.25) is 0 Å². The van der Waals surface area contributed by atoms with Crippen LogP contribution in [0.2, 0.25) is 0 Å². The molecule has 64 valence electrons. The first-order valence-electron chi connectivity index (χ1n) is 4.62. The standard InChI is InChI=1S/C10H18O/c1-7(2)9-5-4-8(3)10(9)6-11/h6-10H,4-5H2,1-3H3. The molecule has 0 aliphatic heterocycles. The molecule has 0 N–H and O–H groups in total. The number of carbonyl (C=O) groups is 1. The van der Waals surface area contributed by atoms with Crippen molar-refractivity contribution in [3.8, 4) is 0 Å². The molecule has 0 heterocycles. The molecule has 1 fully saturated rings. The Hall–Kier alpha value is -0.330. The van der Waals surface area contributed by atoms with E-state index in [4.69, 9.17) is 0 Å². The van der Waals surface area contributed by atoms with Gasteiger partial charge in [-0.3, -0.25) is 0 Å². The van der Waals surface area contributed by atoms with Gasteiger partial charge < -0.3 is 4.79 Å². The number of aldehydes is 1. The van der Waals surface area contributed by atoms with Crippen molar-refractivity contribution in [2.24, 2.45) is 23.7 Å². The second-order valence-corrected chi connectivity index (χ2v) is 4.18. The van der Waals surface area contributed by atoms with Gasteiger partial charge in [-0.1, -0.05) is 20.8 Å². The summed E-state index contributed by atoms with van der Waals surface area (Å²) in [6.45, 7) is 6.64. The first kappa shape index (κ1) is 8.76. The minimum atomic E-state index is 0.343. The summed E-state index contributed by atoms with van der Waals surface area (Å²) in [5.74, 6) is 2.30. The van der Waals surface area contributed by atoms with Gasteiger partial charge in [0.25, 0.3) is 0 Å². The lowest BCUT2D eigenvalue weighted by molar-refractivity contribution is -0.113. The highest BCUT2D eigenvalue weighted by Crippen LogP contribution is 2.39. The smallest absolute Gasteiger partial charge is 0.123 e. The SMILES string of the molecule is CC(C)C1CCC(C)C1C=O. The van der Waals surface area contributed by atoms with Crippen LogP contribution in [-0.2, 0) is 4.79 Å². The van der Waals surface area contributed by atoms with Crippen LogP contribution in [0.15, 0.2) is 0 Å². The van der Waals surface area contributed by atoms with Crippen molar-refractivity contribution in [1.29, 1.82) is 0 Å². The lowest BCUT2D eigenvalue weighted by atomic mass is 9.84. The zero-order chi connectivity index (χ0) is 8.43. The summed E-state index contributed by atoms with van der Waals surface area (Å²) >= 11 is 0. The van der Waals surface area contributed by atoms with E-state index in [1.165, 1.54) is 19.1 Å². The van der Waals surface area contributed by atoms with Gasteiger partial charge in [-0.15, -0.1) is 0 Å². The zero-order valence-electron chi connectivity index (χ0n) is 7.71. The van der Waals surface area contributed by atoms with Crippen LogP contribution in [0.25, 0.3) is 0 Å². The molecule has 1 nitrogen and oxygen atoms in total. The van der Waals surface area contributed by atoms with Gasteiger partial charge in [0.15, 0.2) is 0 Å². The molecule has 0 amide bonds. The summed E-state index contributed by atoms with van der Waals surface area (Å²) in [6, 6.07) is 0. The summed E-state index contributed by atoms with van der Waals surface area (Å²) in [5.41, 5.74) is 0. The molecule has 3 atom stereocenters. The maximum Gasteiger partial charge on any atom is 0.123 e. The maximum absolute atomic E-state index is 10.7. The van der Waals surface area contributed by atoms with E-state index in [9.17, 15) is 4.79 Å². The average Bonchev–Trinajstić information content (AvgIpc) is 2.30. The van der Waals surface area contributed by atoms with Crippen LogP contribution in [0.3, 0.4) is 0 Å². The third-order valence-electron chi connectivity index (χ3n) is 3.12. The molecule has 3 unspecified atom stereocenters. The van der Waals surface area contributed by atoms with Crippen LogP contribution in [-0.4, -0.2) is 6.29 Å². The van der Waals surface area contributed by atoms with Gasteiger partial charge in [0, 0.05) is 5.92 Å². The van der Waals surface area contributed by atoms with E-state index in [2.05, 4.69) is 20.8 Å². The Bertz CT molecular complexity index is 140. The van der Waals surface area contributed by atoms with Crippen molar-refractivity contribution in [2.45, 2.75) is 33.6 Å². The predicted octanol–water partition coefficient (Wildman–Crippen LogP) is 2.50. The summed E-state index contributed by atoms with van der Waals surface area (Å²) < 4.78 is 0. The monoisotopic (exact) mass is 154 g/mol. The fourth-order valence-electron chi connectivity index (χ4n) is 2.28. The molecule has 0 aromatic carbocycles. The van der Waals surface area contributed by atoms with Crippen molar-refractivity contribution in [1.82, 2.24) is 0 Å². The van der Waals surface area contributed by atoms with Crippen LogP contribution < -0.4 is 0 Å². The highest BCUT2D eigenvalue weighted by molar-refractivity contribution is 5.55. The number of hydrogen-bond donors (Lipinski definition) is 0. The first-order chi connectivity index (χ1) is 5.16. The zero-order valence-corrected chi connectivity index (χ0v) is 7.71. The van der Waals surface area contributed by atoms with Gasteiger partial charge in [0.1, 0.15) is 6.29 Å². The minimum Gasteiger partial charge on any atom is -0.303 e. The van der Waals surface area contributed by atoms with Crippen LogP contribution in [0, 0.1) is 23.7 Å². The molecule has 0 radical (unpaired) electrons. The van der Waals surface area contributed by atoms with Crippen LogP contribution in [0.5, 0.6) is 0 Å². The van der Waals surface area contributed by atoms with Crippen molar-refractivity contribution in [3.05, 3.63) is 0 Å². The second kappa shape index (κ2) is 3.38. The van der Waals surface area contributed by atoms with Crippen molar-refractivity contribution in [3.63, 3.8) is 0 Å². The number of carbonyl (C=O) groups excluding carboxylic acids is 1. The van der Waals surface area contributed by atoms with Gasteiger partial charge in [-0.05, 0) is 30.6 Å². The van der Waals surface area contributed by atoms with E-state index < -0.39 is 0 Å². The van der Waals surface area contributed by atoms with Crippen LogP contribution in [0.1, 0.15) is 33.6 Å². The lowest BCUT2D eigenvalue weighted by Crippen LogP contribution is -2.18. The Balaban J connectivity index is 2.61. The minimum absolute atomic E-state index is 0.343. The van der Waals surface area contributed by atoms with E-state index in [0.29, 0.717) is 23.7 Å². The molecule has 0 bridgehead atoms. The quantitative estimate of drug-likeness (QED) is 0.558. The fraction of sp³-hybridized carbons (Fsp3) is 0.900. The van der Waals surface area contributed by atoms with Crippen LogP contribution in [0.4, 0.5) is 0 Å². The molecule has 11 heavy (non-hydrogen) atoms. The molecule has 1 saturated carbocycles. The highest BCUT2D eigenvalue weighted by atomic mass is 16.1. The summed E-state index contributed by atoms with van der Waals surface area (Å²) in [6.07, 6.45) is 3.66. The molecule has 1 heteroatoms. The third kappa shape index (κ3) is 1.63. The predicted molar refractivity (Wildman–Crippen MR) is 46.3 cm³/mol. The largest absolute Gasteiger partial charge is 0.303 e. The van der Waals surface area contributed by atoms with E-state index >= 15 is 0 Å². The third-order valence-corrected chi connectivity index (χ3v) is 3.12. The van der Waals surface area contributed by atoms with Gasteiger partial charge >= 0.3 is 0 Å². The summed E-state index contributed by atoms with van der Waals surface area (Å²) in [5, 5.41) is 0. The van der Waals surface area contributed by atoms with Gasteiger partial charge in [-0.2, -0.15) is 0 Å². The Kier molecular flexibility index (Phi) is 2.69. The normalized spacial score (nSPS) is 38.0. The highest BCUT2D eigenvalue weighted by Gasteiger charge is 2.34. The Morgan fingerprint density at radius 2 is 2.00 bits per heavy atom. The lowest BCUT2D eigenvalue weighted by Gasteiger charge is -2.20. The van der Waals surface area contributed by atoms with E-state index in [0.717, 1.165) is 0 Å². The molecular formula is C10H18O. The fourth-order valence-corrected chi connectivity index (χ4v) is 2.28. The van der Waals surface area contributed by atoms with E-state index in [-0.39, 0.29) is 0 Å². The Morgan fingerprint density at radius 1 is 1.36 bits per heavy atom. The van der Waals surface area contributed by atoms with E-state index in [1.807, 2.05) is 0 Å². The van der Waals surface area contributed by atoms with Crippen molar-refractivity contribution >= 4 is 6.29 Å². The maximum atomic E-state index is 10.7. The van der Waals surface area contributed by atoms with Crippen LogP contribution >= 0.6 is 0 Å². The molecule has 1 aliphatic rings. The molecule has 0 saturated heterocycles. The molecule has 1 aliphatic carbocycles. The Morgan fingerprint density at radius 3 is 2.36 bits per heavy atom. The molecule has 0 spiro atoms. The average molecular weight is 154 g/mol. The van der Waals surface area contributed by atoms with Gasteiger partial charge in [0.05, 0.1) is 0 Å². The topological polar surface area (TPSA) is 17.1 Å².